The van der Waals surface area contributed by atoms with Gasteiger partial charge in [0, 0.05) is 30.4 Å². The molecule has 0 aliphatic carbocycles. The van der Waals surface area contributed by atoms with Crippen molar-refractivity contribution in [2.45, 2.75) is 20.0 Å². The highest BCUT2D eigenvalue weighted by atomic mass is 35.5. The minimum atomic E-state index is 0.0142. The third kappa shape index (κ3) is 5.91. The number of rotatable bonds is 2. The minimum absolute atomic E-state index is 0.0142. The molecule has 2 aromatic rings. The quantitative estimate of drug-likeness (QED) is 0.908. The van der Waals surface area contributed by atoms with E-state index in [-0.39, 0.29) is 6.61 Å². The lowest BCUT2D eigenvalue weighted by Gasteiger charge is -1.92. The van der Waals surface area contributed by atoms with Crippen molar-refractivity contribution in [2.24, 2.45) is 0 Å². The summed E-state index contributed by atoms with van der Waals surface area (Å²) in [6.07, 6.45) is 6.77. The Kier molecular flexibility index (Phi) is 6.44. The lowest BCUT2D eigenvalue weighted by atomic mass is 10.2. The van der Waals surface area contributed by atoms with Gasteiger partial charge in [-0.15, -0.1) is 0 Å². The molecule has 0 atom stereocenters. The maximum absolute atomic E-state index is 8.55. The molecule has 19 heavy (non-hydrogen) atoms. The molecule has 0 unspecified atom stereocenters. The first kappa shape index (κ1) is 15.0. The Labute approximate surface area is 116 Å². The Hall–Kier alpha value is -2.03. The molecule has 0 aliphatic rings. The number of nitrogens with zero attached hydrogens (tertiary/aromatic N) is 4. The van der Waals surface area contributed by atoms with Crippen LogP contribution in [-0.2, 0) is 13.0 Å². The number of aliphatic hydroxyl groups excluding tert-OH is 1. The number of halogens is 1. The van der Waals surface area contributed by atoms with Crippen LogP contribution in [0.5, 0.6) is 0 Å². The van der Waals surface area contributed by atoms with Crippen LogP contribution in [-0.4, -0.2) is 20.1 Å². The molecule has 0 saturated heterocycles. The van der Waals surface area contributed by atoms with Crippen molar-refractivity contribution in [3.8, 4) is 6.07 Å². The largest absolute Gasteiger partial charge is 0.392 e. The first-order chi connectivity index (χ1) is 9.15. The van der Waals surface area contributed by atoms with Crippen molar-refractivity contribution in [3.63, 3.8) is 0 Å². The number of nitriles is 1. The van der Waals surface area contributed by atoms with E-state index in [0.29, 0.717) is 11.4 Å². The third-order valence-electron chi connectivity index (χ3n) is 2.06. The van der Waals surface area contributed by atoms with E-state index in [2.05, 4.69) is 15.0 Å². The van der Waals surface area contributed by atoms with Crippen LogP contribution in [0.4, 0.5) is 0 Å². The second-order valence-corrected chi connectivity index (χ2v) is 4.08. The highest BCUT2D eigenvalue weighted by Crippen LogP contribution is 2.07. The summed E-state index contributed by atoms with van der Waals surface area (Å²) >= 11 is 5.61. The number of hydrogen-bond acceptors (Lipinski definition) is 5. The summed E-state index contributed by atoms with van der Waals surface area (Å²) in [6, 6.07) is 3.75. The van der Waals surface area contributed by atoms with Gasteiger partial charge in [-0.1, -0.05) is 11.6 Å². The zero-order valence-electron chi connectivity index (χ0n) is 10.4. The van der Waals surface area contributed by atoms with Crippen molar-refractivity contribution in [2.75, 3.05) is 0 Å². The molecule has 0 saturated carbocycles. The van der Waals surface area contributed by atoms with Crippen LogP contribution < -0.4 is 0 Å². The van der Waals surface area contributed by atoms with Gasteiger partial charge in [0.15, 0.2) is 0 Å². The molecule has 6 heteroatoms. The van der Waals surface area contributed by atoms with Crippen molar-refractivity contribution < 1.29 is 5.11 Å². The highest BCUT2D eigenvalue weighted by Gasteiger charge is 1.91. The van der Waals surface area contributed by atoms with Crippen molar-refractivity contribution in [3.05, 3.63) is 52.8 Å². The van der Waals surface area contributed by atoms with Crippen LogP contribution in [0.25, 0.3) is 0 Å². The van der Waals surface area contributed by atoms with E-state index in [1.807, 2.05) is 6.07 Å². The summed E-state index contributed by atoms with van der Waals surface area (Å²) in [5.74, 6) is 0.729. The second-order valence-electron chi connectivity index (χ2n) is 3.64. The monoisotopic (exact) mass is 276 g/mol. The summed E-state index contributed by atoms with van der Waals surface area (Å²) in [5.41, 5.74) is 1.61. The van der Waals surface area contributed by atoms with E-state index in [0.717, 1.165) is 17.0 Å². The zero-order chi connectivity index (χ0) is 14.1. The predicted molar refractivity (Wildman–Crippen MR) is 71.3 cm³/mol. The van der Waals surface area contributed by atoms with Gasteiger partial charge in [-0.25, -0.2) is 9.97 Å². The Bertz CT molecular complexity index is 551. The fourth-order valence-corrected chi connectivity index (χ4v) is 1.34. The first-order valence-corrected chi connectivity index (χ1v) is 5.88. The van der Waals surface area contributed by atoms with E-state index in [9.17, 15) is 0 Å². The average Bonchev–Trinajstić information content (AvgIpc) is 2.41. The first-order valence-electron chi connectivity index (χ1n) is 5.50. The van der Waals surface area contributed by atoms with Crippen LogP contribution in [0.3, 0.4) is 0 Å². The molecule has 2 rings (SSSR count). The molecule has 2 heterocycles. The van der Waals surface area contributed by atoms with Gasteiger partial charge < -0.3 is 5.11 Å². The van der Waals surface area contributed by atoms with Crippen LogP contribution >= 0.6 is 11.6 Å². The molecule has 0 radical (unpaired) electrons. The number of aryl methyl sites for hydroxylation is 1. The number of pyridine rings is 1. The molecule has 0 fully saturated rings. The van der Waals surface area contributed by atoms with Gasteiger partial charge in [-0.05, 0) is 18.6 Å². The van der Waals surface area contributed by atoms with E-state index < -0.39 is 0 Å². The van der Waals surface area contributed by atoms with E-state index in [1.165, 1.54) is 0 Å². The van der Waals surface area contributed by atoms with Crippen LogP contribution in [0.1, 0.15) is 17.0 Å². The molecule has 98 valence electrons. The van der Waals surface area contributed by atoms with Gasteiger partial charge in [-0.3, -0.25) is 4.98 Å². The molecular formula is C13H13ClN4O. The minimum Gasteiger partial charge on any atom is -0.392 e. The van der Waals surface area contributed by atoms with Gasteiger partial charge >= 0.3 is 0 Å². The molecule has 2 aromatic heterocycles. The maximum atomic E-state index is 8.55. The van der Waals surface area contributed by atoms with Crippen molar-refractivity contribution in [1.82, 2.24) is 15.0 Å². The summed E-state index contributed by atoms with van der Waals surface area (Å²) in [6.45, 7) is 1.82. The average molecular weight is 277 g/mol. The molecular weight excluding hydrogens is 264 g/mol. The standard InChI is InChI=1S/C7H5ClN2.C6H8N2O/c8-7-3-6(1-2-9)4-10-5-7;1-5-7-2-6(4-9)3-8-5/h3-5H,1H2;2-3,9H,4H2,1H3. The lowest BCUT2D eigenvalue weighted by Crippen LogP contribution is -1.89. The van der Waals surface area contributed by atoms with Crippen LogP contribution in [0, 0.1) is 18.3 Å². The normalized spacial score (nSPS) is 9.16. The van der Waals surface area contributed by atoms with Gasteiger partial charge in [0.1, 0.15) is 5.82 Å². The molecule has 0 bridgehead atoms. The van der Waals surface area contributed by atoms with Crippen molar-refractivity contribution in [1.29, 1.82) is 5.26 Å². The molecule has 0 spiro atoms. The summed E-state index contributed by atoms with van der Waals surface area (Å²) in [7, 11) is 0. The topological polar surface area (TPSA) is 82.7 Å². The Balaban J connectivity index is 0.000000191. The summed E-state index contributed by atoms with van der Waals surface area (Å²) < 4.78 is 0. The van der Waals surface area contributed by atoms with Crippen molar-refractivity contribution >= 4 is 11.6 Å². The Morgan fingerprint density at radius 2 is 1.89 bits per heavy atom. The zero-order valence-corrected chi connectivity index (χ0v) is 11.2. The number of aromatic nitrogens is 3. The fraction of sp³-hybridized carbons (Fsp3) is 0.231. The van der Waals surface area contributed by atoms with E-state index in [1.54, 1.807) is 37.8 Å². The van der Waals surface area contributed by atoms with Crippen LogP contribution in [0.2, 0.25) is 5.02 Å². The molecule has 1 N–H and O–H groups in total. The SMILES string of the molecule is Cc1ncc(CO)cn1.N#CCc1cncc(Cl)c1. The van der Waals surface area contributed by atoms with Gasteiger partial charge in [0.25, 0.3) is 0 Å². The Morgan fingerprint density at radius 1 is 1.21 bits per heavy atom. The fourth-order valence-electron chi connectivity index (χ4n) is 1.14. The third-order valence-corrected chi connectivity index (χ3v) is 2.27. The summed E-state index contributed by atoms with van der Waals surface area (Å²) in [5, 5.41) is 17.4. The predicted octanol–water partition coefficient (Wildman–Crippen LogP) is 2.08. The van der Waals surface area contributed by atoms with E-state index >= 15 is 0 Å². The van der Waals surface area contributed by atoms with E-state index in [4.69, 9.17) is 22.0 Å². The second kappa shape index (κ2) is 8.14. The molecule has 0 aliphatic heterocycles. The van der Waals surface area contributed by atoms with Gasteiger partial charge in [0.05, 0.1) is 24.1 Å². The van der Waals surface area contributed by atoms with Gasteiger partial charge in [0.2, 0.25) is 0 Å². The summed E-state index contributed by atoms with van der Waals surface area (Å²) in [4.78, 5) is 11.6. The number of hydrogen-bond donors (Lipinski definition) is 1. The smallest absolute Gasteiger partial charge is 0.125 e. The highest BCUT2D eigenvalue weighted by molar-refractivity contribution is 6.30. The number of aliphatic hydroxyl groups is 1. The Morgan fingerprint density at radius 3 is 2.42 bits per heavy atom. The maximum Gasteiger partial charge on any atom is 0.125 e. The van der Waals surface area contributed by atoms with Crippen LogP contribution in [0.15, 0.2) is 30.9 Å². The molecule has 5 nitrogen and oxygen atoms in total. The molecule has 0 aromatic carbocycles. The molecule has 0 amide bonds. The lowest BCUT2D eigenvalue weighted by molar-refractivity contribution is 0.281. The van der Waals surface area contributed by atoms with Gasteiger partial charge in [-0.2, -0.15) is 5.26 Å².